The zero-order valence-corrected chi connectivity index (χ0v) is 15.7. The second-order valence-corrected chi connectivity index (χ2v) is 6.67. The molecule has 0 unspecified atom stereocenters. The molecule has 0 fully saturated rings. The maximum absolute atomic E-state index is 12.5. The number of nitrogens with zero attached hydrogens (tertiary/aromatic N) is 2. The SMILES string of the molecule is CC(=O)Nc1nc(SCc2ccccn2)[nH]c(=O)c1NC(=O)c1ccccc1. The van der Waals surface area contributed by atoms with Gasteiger partial charge in [0.05, 0.1) is 5.69 Å². The van der Waals surface area contributed by atoms with Crippen LogP contribution in [0.25, 0.3) is 0 Å². The first-order chi connectivity index (χ1) is 13.5. The van der Waals surface area contributed by atoms with Crippen molar-refractivity contribution in [1.29, 1.82) is 0 Å². The summed E-state index contributed by atoms with van der Waals surface area (Å²) in [5, 5.41) is 5.32. The highest BCUT2D eigenvalue weighted by Gasteiger charge is 2.17. The first-order valence-corrected chi connectivity index (χ1v) is 9.32. The summed E-state index contributed by atoms with van der Waals surface area (Å²) in [6.45, 7) is 1.30. The molecule has 0 spiro atoms. The largest absolute Gasteiger partial charge is 0.314 e. The predicted octanol–water partition coefficient (Wildman–Crippen LogP) is 2.67. The highest BCUT2D eigenvalue weighted by atomic mass is 32.2. The highest BCUT2D eigenvalue weighted by molar-refractivity contribution is 7.98. The summed E-state index contributed by atoms with van der Waals surface area (Å²) < 4.78 is 0. The van der Waals surface area contributed by atoms with E-state index in [0.29, 0.717) is 16.5 Å². The van der Waals surface area contributed by atoms with E-state index < -0.39 is 17.4 Å². The molecular formula is C19H17N5O3S. The maximum Gasteiger partial charge on any atom is 0.277 e. The van der Waals surface area contributed by atoms with Gasteiger partial charge in [-0.15, -0.1) is 0 Å². The average Bonchev–Trinajstić information content (AvgIpc) is 2.70. The zero-order chi connectivity index (χ0) is 19.9. The normalized spacial score (nSPS) is 10.3. The molecule has 3 rings (SSSR count). The molecule has 2 amide bonds. The molecule has 142 valence electrons. The van der Waals surface area contributed by atoms with Gasteiger partial charge in [-0.25, -0.2) is 4.98 Å². The van der Waals surface area contributed by atoms with Crippen molar-refractivity contribution in [3.05, 3.63) is 76.3 Å². The third-order valence-corrected chi connectivity index (χ3v) is 4.46. The Morgan fingerprint density at radius 3 is 2.50 bits per heavy atom. The number of rotatable bonds is 6. The summed E-state index contributed by atoms with van der Waals surface area (Å²) in [7, 11) is 0. The van der Waals surface area contributed by atoms with E-state index in [1.807, 2.05) is 18.2 Å². The molecule has 0 bridgehead atoms. The van der Waals surface area contributed by atoms with Gasteiger partial charge >= 0.3 is 0 Å². The highest BCUT2D eigenvalue weighted by Crippen LogP contribution is 2.22. The number of benzene rings is 1. The molecular weight excluding hydrogens is 378 g/mol. The summed E-state index contributed by atoms with van der Waals surface area (Å²) in [4.78, 5) is 47.5. The smallest absolute Gasteiger partial charge is 0.277 e. The van der Waals surface area contributed by atoms with Crippen molar-refractivity contribution in [3.63, 3.8) is 0 Å². The number of aromatic nitrogens is 3. The van der Waals surface area contributed by atoms with Crippen molar-refractivity contribution >= 4 is 35.1 Å². The first-order valence-electron chi connectivity index (χ1n) is 8.34. The lowest BCUT2D eigenvalue weighted by molar-refractivity contribution is -0.114. The summed E-state index contributed by atoms with van der Waals surface area (Å²) in [5.41, 5.74) is 0.514. The van der Waals surface area contributed by atoms with Crippen LogP contribution < -0.4 is 16.2 Å². The predicted molar refractivity (Wildman–Crippen MR) is 107 cm³/mol. The van der Waals surface area contributed by atoms with Gasteiger partial charge in [-0.1, -0.05) is 36.0 Å². The second kappa shape index (κ2) is 8.96. The van der Waals surface area contributed by atoms with Crippen LogP contribution in [0.3, 0.4) is 0 Å². The fraction of sp³-hybridized carbons (Fsp3) is 0.105. The van der Waals surface area contributed by atoms with E-state index in [1.165, 1.54) is 18.7 Å². The van der Waals surface area contributed by atoms with Crippen LogP contribution in [0.5, 0.6) is 0 Å². The lowest BCUT2D eigenvalue weighted by Gasteiger charge is -2.11. The lowest BCUT2D eigenvalue weighted by atomic mass is 10.2. The molecule has 0 saturated carbocycles. The van der Waals surface area contributed by atoms with Crippen LogP contribution in [0, 0.1) is 0 Å². The van der Waals surface area contributed by atoms with Gasteiger partial charge in [0, 0.05) is 24.4 Å². The van der Waals surface area contributed by atoms with Crippen molar-refractivity contribution in [2.75, 3.05) is 10.6 Å². The molecule has 0 atom stereocenters. The molecule has 8 nitrogen and oxygen atoms in total. The molecule has 0 radical (unpaired) electrons. The number of amides is 2. The Morgan fingerprint density at radius 1 is 1.07 bits per heavy atom. The molecule has 0 aliphatic rings. The minimum Gasteiger partial charge on any atom is -0.314 e. The Labute approximate surface area is 164 Å². The quantitative estimate of drug-likeness (QED) is 0.436. The first kappa shape index (κ1) is 19.3. The Kier molecular flexibility index (Phi) is 6.18. The molecule has 2 aromatic heterocycles. The van der Waals surface area contributed by atoms with Gasteiger partial charge in [-0.2, -0.15) is 0 Å². The Morgan fingerprint density at radius 2 is 1.82 bits per heavy atom. The van der Waals surface area contributed by atoms with Crippen LogP contribution in [0.4, 0.5) is 11.5 Å². The van der Waals surface area contributed by atoms with Crippen LogP contribution in [0.2, 0.25) is 0 Å². The number of carbonyl (C=O) groups is 2. The van der Waals surface area contributed by atoms with Crippen molar-refractivity contribution < 1.29 is 9.59 Å². The Balaban J connectivity index is 1.86. The van der Waals surface area contributed by atoms with Gasteiger partial charge in [-0.05, 0) is 24.3 Å². The number of hydrogen-bond acceptors (Lipinski definition) is 6. The number of aromatic amines is 1. The van der Waals surface area contributed by atoms with Crippen molar-refractivity contribution in [2.45, 2.75) is 17.8 Å². The molecule has 28 heavy (non-hydrogen) atoms. The van der Waals surface area contributed by atoms with Crippen LogP contribution in [-0.4, -0.2) is 26.8 Å². The van der Waals surface area contributed by atoms with Gasteiger partial charge in [0.15, 0.2) is 16.7 Å². The number of pyridine rings is 1. The van der Waals surface area contributed by atoms with E-state index in [0.717, 1.165) is 5.69 Å². The van der Waals surface area contributed by atoms with E-state index in [1.54, 1.807) is 36.5 Å². The molecule has 9 heteroatoms. The summed E-state index contributed by atoms with van der Waals surface area (Å²) >= 11 is 1.26. The fourth-order valence-corrected chi connectivity index (χ4v) is 3.07. The zero-order valence-electron chi connectivity index (χ0n) is 14.9. The molecule has 0 aliphatic carbocycles. The Hall–Kier alpha value is -3.46. The van der Waals surface area contributed by atoms with Gasteiger partial charge in [-0.3, -0.25) is 24.4 Å². The van der Waals surface area contributed by atoms with E-state index in [-0.39, 0.29) is 11.5 Å². The Bertz CT molecular complexity index is 1040. The molecule has 0 saturated heterocycles. The number of H-pyrrole nitrogens is 1. The number of carbonyl (C=O) groups excluding carboxylic acids is 2. The second-order valence-electron chi connectivity index (χ2n) is 5.71. The van der Waals surface area contributed by atoms with E-state index in [4.69, 9.17) is 0 Å². The summed E-state index contributed by atoms with van der Waals surface area (Å²) in [5.74, 6) is -0.412. The van der Waals surface area contributed by atoms with Crippen molar-refractivity contribution in [1.82, 2.24) is 15.0 Å². The number of thioether (sulfide) groups is 1. The molecule has 3 N–H and O–H groups in total. The van der Waals surface area contributed by atoms with Gasteiger partial charge in [0.25, 0.3) is 11.5 Å². The number of anilines is 2. The monoisotopic (exact) mass is 395 g/mol. The van der Waals surface area contributed by atoms with E-state index in [9.17, 15) is 14.4 Å². The third-order valence-electron chi connectivity index (χ3n) is 3.55. The van der Waals surface area contributed by atoms with Crippen molar-refractivity contribution in [2.24, 2.45) is 0 Å². The molecule has 3 aromatic rings. The minimum absolute atomic E-state index is 0.0101. The number of nitrogens with one attached hydrogen (secondary N) is 3. The van der Waals surface area contributed by atoms with Gasteiger partial charge in [0.1, 0.15) is 0 Å². The average molecular weight is 395 g/mol. The minimum atomic E-state index is -0.563. The van der Waals surface area contributed by atoms with E-state index >= 15 is 0 Å². The third kappa shape index (κ3) is 5.04. The molecule has 0 aliphatic heterocycles. The number of hydrogen-bond donors (Lipinski definition) is 3. The standard InChI is InChI=1S/C19H17N5O3S/c1-12(25)21-16-15(22-17(26)13-7-3-2-4-8-13)18(27)24-19(23-16)28-11-14-9-5-6-10-20-14/h2-10H,11H2,1H3,(H,22,26)(H2,21,23,24,25,27). The maximum atomic E-state index is 12.5. The summed E-state index contributed by atoms with van der Waals surface area (Å²) in [6.07, 6.45) is 1.68. The van der Waals surface area contributed by atoms with Gasteiger partial charge in [0.2, 0.25) is 5.91 Å². The van der Waals surface area contributed by atoms with Crippen LogP contribution in [0.1, 0.15) is 23.0 Å². The van der Waals surface area contributed by atoms with Gasteiger partial charge < -0.3 is 10.6 Å². The fourth-order valence-electron chi connectivity index (χ4n) is 2.30. The van der Waals surface area contributed by atoms with Crippen LogP contribution >= 0.6 is 11.8 Å². The van der Waals surface area contributed by atoms with Crippen molar-refractivity contribution in [3.8, 4) is 0 Å². The lowest BCUT2D eigenvalue weighted by Crippen LogP contribution is -2.24. The van der Waals surface area contributed by atoms with Crippen LogP contribution in [0.15, 0.2) is 64.7 Å². The topological polar surface area (TPSA) is 117 Å². The molecule has 1 aromatic carbocycles. The van der Waals surface area contributed by atoms with Crippen LogP contribution in [-0.2, 0) is 10.5 Å². The van der Waals surface area contributed by atoms with E-state index in [2.05, 4.69) is 25.6 Å². The summed E-state index contributed by atoms with van der Waals surface area (Å²) in [6, 6.07) is 14.0. The molecule has 2 heterocycles.